The Bertz CT molecular complexity index is 321. The maximum Gasteiger partial charge on any atom is 0.0450 e. The van der Waals surface area contributed by atoms with E-state index in [1.54, 1.807) is 0 Å². The number of hydrogen-bond donors (Lipinski definition) is 1. The molecule has 1 rings (SSSR count). The Kier molecular flexibility index (Phi) is 5.16. The molecule has 2 heteroatoms. The first kappa shape index (κ1) is 14.2. The first-order valence-corrected chi connectivity index (χ1v) is 6.47. The molecule has 0 spiro atoms. The van der Waals surface area contributed by atoms with Gasteiger partial charge in [0.25, 0.3) is 0 Å². The zero-order chi connectivity index (χ0) is 13.0. The minimum absolute atomic E-state index is 0.0717. The van der Waals surface area contributed by atoms with E-state index >= 15 is 0 Å². The van der Waals surface area contributed by atoms with E-state index in [2.05, 4.69) is 51.8 Å². The fourth-order valence-corrected chi connectivity index (χ4v) is 2.05. The lowest BCUT2D eigenvalue weighted by Crippen LogP contribution is -2.45. The van der Waals surface area contributed by atoms with E-state index in [1.165, 1.54) is 5.56 Å². The molecule has 0 aliphatic carbocycles. The third-order valence-corrected chi connectivity index (χ3v) is 3.95. The van der Waals surface area contributed by atoms with E-state index in [9.17, 15) is 0 Å². The smallest absolute Gasteiger partial charge is 0.0450 e. The van der Waals surface area contributed by atoms with Crippen molar-refractivity contribution in [3.05, 3.63) is 35.9 Å². The summed E-state index contributed by atoms with van der Waals surface area (Å²) in [6, 6.07) is 11.3. The number of nitrogens with two attached hydrogens (primary N) is 1. The molecule has 0 aliphatic rings. The lowest BCUT2D eigenvalue weighted by Gasteiger charge is -2.36. The van der Waals surface area contributed by atoms with Crippen molar-refractivity contribution < 1.29 is 0 Å². The highest BCUT2D eigenvalue weighted by Gasteiger charge is 2.23. The number of benzene rings is 1. The molecule has 3 atom stereocenters. The quantitative estimate of drug-likeness (QED) is 0.848. The molecule has 17 heavy (non-hydrogen) atoms. The van der Waals surface area contributed by atoms with E-state index in [0.717, 1.165) is 0 Å². The second kappa shape index (κ2) is 6.18. The van der Waals surface area contributed by atoms with E-state index < -0.39 is 0 Å². The number of rotatable bonds is 5. The van der Waals surface area contributed by atoms with Crippen molar-refractivity contribution >= 4 is 0 Å². The molecule has 0 aliphatic heterocycles. The molecule has 3 unspecified atom stereocenters. The van der Waals surface area contributed by atoms with Gasteiger partial charge in [-0.2, -0.15) is 0 Å². The van der Waals surface area contributed by atoms with Crippen molar-refractivity contribution in [3.8, 4) is 0 Å². The molecule has 0 saturated heterocycles. The van der Waals surface area contributed by atoms with Gasteiger partial charge in [-0.25, -0.2) is 0 Å². The van der Waals surface area contributed by atoms with Crippen molar-refractivity contribution in [1.29, 1.82) is 0 Å². The Morgan fingerprint density at radius 1 is 0.941 bits per heavy atom. The van der Waals surface area contributed by atoms with E-state index in [0.29, 0.717) is 18.0 Å². The zero-order valence-electron chi connectivity index (χ0n) is 11.7. The van der Waals surface area contributed by atoms with Crippen molar-refractivity contribution in [2.45, 2.75) is 45.8 Å². The van der Waals surface area contributed by atoms with Gasteiger partial charge in [0.05, 0.1) is 0 Å². The summed E-state index contributed by atoms with van der Waals surface area (Å²) in [6.07, 6.45) is 0. The maximum absolute atomic E-state index is 6.34. The van der Waals surface area contributed by atoms with Crippen LogP contribution in [-0.4, -0.2) is 24.0 Å². The summed E-state index contributed by atoms with van der Waals surface area (Å²) in [6.45, 7) is 8.97. The second-order valence-corrected chi connectivity index (χ2v) is 5.33. The number of likely N-dealkylation sites (N-methyl/N-ethyl adjacent to an activating group) is 1. The monoisotopic (exact) mass is 234 g/mol. The van der Waals surface area contributed by atoms with E-state index in [-0.39, 0.29) is 6.04 Å². The zero-order valence-corrected chi connectivity index (χ0v) is 11.7. The first-order valence-electron chi connectivity index (χ1n) is 6.47. The van der Waals surface area contributed by atoms with E-state index in [4.69, 9.17) is 5.73 Å². The fourth-order valence-electron chi connectivity index (χ4n) is 2.05. The van der Waals surface area contributed by atoms with Crippen LogP contribution in [-0.2, 0) is 0 Å². The Morgan fingerprint density at radius 2 is 1.47 bits per heavy atom. The average Bonchev–Trinajstić information content (AvgIpc) is 2.36. The Morgan fingerprint density at radius 3 is 1.94 bits per heavy atom. The van der Waals surface area contributed by atoms with Crippen LogP contribution in [0.1, 0.15) is 39.3 Å². The van der Waals surface area contributed by atoms with Gasteiger partial charge in [-0.15, -0.1) is 0 Å². The first-order chi connectivity index (χ1) is 7.95. The summed E-state index contributed by atoms with van der Waals surface area (Å²) < 4.78 is 0. The molecule has 0 saturated carbocycles. The van der Waals surface area contributed by atoms with Crippen LogP contribution in [0, 0.1) is 5.92 Å². The molecule has 96 valence electrons. The van der Waals surface area contributed by atoms with Crippen molar-refractivity contribution in [2.75, 3.05) is 7.05 Å². The molecule has 1 aromatic rings. The highest BCUT2D eigenvalue weighted by molar-refractivity contribution is 5.19. The molecule has 0 radical (unpaired) electrons. The fraction of sp³-hybridized carbons (Fsp3) is 0.600. The third kappa shape index (κ3) is 3.55. The third-order valence-electron chi connectivity index (χ3n) is 3.95. The summed E-state index contributed by atoms with van der Waals surface area (Å²) in [5, 5.41) is 0. The predicted molar refractivity (Wildman–Crippen MR) is 74.9 cm³/mol. The molecule has 0 amide bonds. The van der Waals surface area contributed by atoms with Crippen molar-refractivity contribution in [3.63, 3.8) is 0 Å². The van der Waals surface area contributed by atoms with Gasteiger partial charge in [-0.1, -0.05) is 44.2 Å². The van der Waals surface area contributed by atoms with Gasteiger partial charge in [0, 0.05) is 18.1 Å². The van der Waals surface area contributed by atoms with Crippen molar-refractivity contribution in [2.24, 2.45) is 11.7 Å². The lowest BCUT2D eigenvalue weighted by atomic mass is 9.97. The molecule has 2 nitrogen and oxygen atoms in total. The summed E-state index contributed by atoms with van der Waals surface area (Å²) in [5.74, 6) is 0.644. The largest absolute Gasteiger partial charge is 0.323 e. The topological polar surface area (TPSA) is 29.3 Å². The molecule has 0 fully saturated rings. The van der Waals surface area contributed by atoms with Crippen molar-refractivity contribution in [1.82, 2.24) is 4.90 Å². The number of nitrogens with zero attached hydrogens (tertiary/aromatic N) is 1. The molecule has 0 heterocycles. The van der Waals surface area contributed by atoms with E-state index in [1.807, 2.05) is 18.2 Å². The van der Waals surface area contributed by atoms with Crippen LogP contribution in [0.4, 0.5) is 0 Å². The minimum atomic E-state index is 0.0717. The van der Waals surface area contributed by atoms with Crippen LogP contribution in [0.15, 0.2) is 30.3 Å². The van der Waals surface area contributed by atoms with Crippen LogP contribution >= 0.6 is 0 Å². The van der Waals surface area contributed by atoms with Gasteiger partial charge in [0.2, 0.25) is 0 Å². The molecule has 0 aromatic heterocycles. The van der Waals surface area contributed by atoms with Crippen LogP contribution in [0.3, 0.4) is 0 Å². The average molecular weight is 234 g/mol. The van der Waals surface area contributed by atoms with Gasteiger partial charge in [0.1, 0.15) is 0 Å². The van der Waals surface area contributed by atoms with Crippen LogP contribution < -0.4 is 5.73 Å². The molecule has 2 N–H and O–H groups in total. The van der Waals surface area contributed by atoms with Crippen LogP contribution in [0.5, 0.6) is 0 Å². The summed E-state index contributed by atoms with van der Waals surface area (Å²) >= 11 is 0. The highest BCUT2D eigenvalue weighted by Crippen LogP contribution is 2.21. The Labute approximate surface area is 106 Å². The Balaban J connectivity index is 2.73. The summed E-state index contributed by atoms with van der Waals surface area (Å²) in [7, 11) is 2.16. The molecule has 1 aromatic carbocycles. The molecule has 0 bridgehead atoms. The van der Waals surface area contributed by atoms with Crippen LogP contribution in [0.2, 0.25) is 0 Å². The van der Waals surface area contributed by atoms with Gasteiger partial charge in [-0.3, -0.25) is 4.90 Å². The minimum Gasteiger partial charge on any atom is -0.323 e. The normalized spacial score (nSPS) is 17.2. The number of hydrogen-bond acceptors (Lipinski definition) is 2. The summed E-state index contributed by atoms with van der Waals surface area (Å²) in [4.78, 5) is 2.38. The second-order valence-electron chi connectivity index (χ2n) is 5.33. The molecular formula is C15H26N2. The van der Waals surface area contributed by atoms with Gasteiger partial charge < -0.3 is 5.73 Å². The SMILES string of the molecule is CC(C)C(C)N(C)C(C)C(N)c1ccccc1. The highest BCUT2D eigenvalue weighted by atomic mass is 15.2. The van der Waals surface area contributed by atoms with Gasteiger partial charge in [-0.05, 0) is 32.4 Å². The van der Waals surface area contributed by atoms with Gasteiger partial charge in [0.15, 0.2) is 0 Å². The standard InChI is InChI=1S/C15H26N2/c1-11(2)12(3)17(5)13(4)15(16)14-9-7-6-8-10-14/h6-13,15H,16H2,1-5H3. The van der Waals surface area contributed by atoms with Gasteiger partial charge >= 0.3 is 0 Å². The Hall–Kier alpha value is -0.860. The lowest BCUT2D eigenvalue weighted by molar-refractivity contribution is 0.139. The van der Waals surface area contributed by atoms with Crippen LogP contribution in [0.25, 0.3) is 0 Å². The summed E-state index contributed by atoms with van der Waals surface area (Å²) in [5.41, 5.74) is 7.55. The molecular weight excluding hydrogens is 208 g/mol. The predicted octanol–water partition coefficient (Wildman–Crippen LogP) is 3.05. The maximum atomic E-state index is 6.34.